The van der Waals surface area contributed by atoms with Crippen LogP contribution in [0.15, 0.2) is 18.2 Å². The van der Waals surface area contributed by atoms with Crippen molar-refractivity contribution in [2.75, 3.05) is 6.54 Å². The maximum atomic E-state index is 12.8. The van der Waals surface area contributed by atoms with Crippen LogP contribution in [-0.2, 0) is 6.18 Å². The fraction of sp³-hybridized carbons (Fsp3) is 0.455. The normalized spacial score (nSPS) is 20.1. The molecule has 6 heteroatoms. The fourth-order valence-corrected chi connectivity index (χ4v) is 2.20. The van der Waals surface area contributed by atoms with E-state index in [1.807, 2.05) is 0 Å². The Morgan fingerprint density at radius 3 is 2.53 bits per heavy atom. The number of nitrogens with one attached hydrogen (secondary N) is 1. The summed E-state index contributed by atoms with van der Waals surface area (Å²) in [5.74, 6) is 0. The van der Waals surface area contributed by atoms with E-state index in [1.165, 1.54) is 12.1 Å². The van der Waals surface area contributed by atoms with E-state index in [2.05, 4.69) is 5.32 Å². The summed E-state index contributed by atoms with van der Waals surface area (Å²) in [4.78, 5) is 0. The van der Waals surface area contributed by atoms with Crippen LogP contribution in [0.3, 0.4) is 0 Å². The average molecular weight is 286 g/mol. The maximum absolute atomic E-state index is 12.8. The Balaban J connectivity index is 0.00000144. The Morgan fingerprint density at radius 2 is 2.00 bits per heavy atom. The smallest absolute Gasteiger partial charge is 0.310 e. The van der Waals surface area contributed by atoms with Gasteiger partial charge in [0, 0.05) is 11.1 Å². The minimum absolute atomic E-state index is 0. The van der Waals surface area contributed by atoms with Crippen molar-refractivity contribution in [1.29, 1.82) is 0 Å². The first-order valence-electron chi connectivity index (χ1n) is 5.08. The Hall–Kier alpha value is -0.450. The van der Waals surface area contributed by atoms with Gasteiger partial charge < -0.3 is 5.32 Å². The van der Waals surface area contributed by atoms with Crippen LogP contribution in [0.5, 0.6) is 0 Å². The Labute approximate surface area is 109 Å². The topological polar surface area (TPSA) is 12.0 Å². The molecule has 1 atom stereocenters. The second kappa shape index (κ2) is 5.46. The zero-order valence-electron chi connectivity index (χ0n) is 8.85. The molecule has 1 fully saturated rings. The van der Waals surface area contributed by atoms with E-state index in [4.69, 9.17) is 11.6 Å². The van der Waals surface area contributed by atoms with Crippen molar-refractivity contribution in [2.24, 2.45) is 0 Å². The van der Waals surface area contributed by atoms with Crippen LogP contribution in [0, 0.1) is 0 Å². The zero-order chi connectivity index (χ0) is 11.8. The van der Waals surface area contributed by atoms with Crippen molar-refractivity contribution in [1.82, 2.24) is 5.32 Å². The van der Waals surface area contributed by atoms with Gasteiger partial charge in [-0.15, -0.1) is 12.4 Å². The molecule has 0 radical (unpaired) electrons. The number of rotatable bonds is 1. The molecule has 17 heavy (non-hydrogen) atoms. The molecule has 1 aliphatic heterocycles. The van der Waals surface area contributed by atoms with Gasteiger partial charge in [0.2, 0.25) is 0 Å². The highest BCUT2D eigenvalue weighted by Gasteiger charge is 2.35. The lowest BCUT2D eigenvalue weighted by atomic mass is 9.99. The lowest BCUT2D eigenvalue weighted by Gasteiger charge is -2.18. The molecule has 1 aliphatic rings. The standard InChI is InChI=1S/C11H11ClF3N.ClH/c12-7-3-4-8(10-2-1-5-16-10)9(6-7)11(13,14)15;/h3-4,6,10,16H,1-2,5H2;1H/t10-;/m0./s1. The van der Waals surface area contributed by atoms with Crippen molar-refractivity contribution >= 4 is 24.0 Å². The summed E-state index contributed by atoms with van der Waals surface area (Å²) in [6, 6.07) is 3.77. The van der Waals surface area contributed by atoms with Crippen LogP contribution < -0.4 is 5.32 Å². The van der Waals surface area contributed by atoms with Gasteiger partial charge in [-0.3, -0.25) is 0 Å². The lowest BCUT2D eigenvalue weighted by molar-refractivity contribution is -0.138. The molecular formula is C11H12Cl2F3N. The van der Waals surface area contributed by atoms with E-state index in [-0.39, 0.29) is 23.5 Å². The monoisotopic (exact) mass is 285 g/mol. The van der Waals surface area contributed by atoms with Crippen molar-refractivity contribution in [2.45, 2.75) is 25.1 Å². The van der Waals surface area contributed by atoms with Crippen LogP contribution in [0.2, 0.25) is 5.02 Å². The largest absolute Gasteiger partial charge is 0.416 e. The van der Waals surface area contributed by atoms with Crippen LogP contribution in [-0.4, -0.2) is 6.54 Å². The van der Waals surface area contributed by atoms with Gasteiger partial charge in [0.15, 0.2) is 0 Å². The molecule has 1 nitrogen and oxygen atoms in total. The molecule has 0 spiro atoms. The molecule has 0 aromatic heterocycles. The van der Waals surface area contributed by atoms with Gasteiger partial charge in [-0.25, -0.2) is 0 Å². The van der Waals surface area contributed by atoms with E-state index in [9.17, 15) is 13.2 Å². The minimum Gasteiger partial charge on any atom is -0.310 e. The summed E-state index contributed by atoms with van der Waals surface area (Å²) in [5, 5.41) is 3.18. The summed E-state index contributed by atoms with van der Waals surface area (Å²) < 4.78 is 38.4. The fourth-order valence-electron chi connectivity index (χ4n) is 2.03. The van der Waals surface area contributed by atoms with Crippen LogP contribution in [0.4, 0.5) is 13.2 Å². The summed E-state index contributed by atoms with van der Waals surface area (Å²) >= 11 is 5.61. The average Bonchev–Trinajstić information content (AvgIpc) is 2.69. The molecule has 1 heterocycles. The first kappa shape index (κ1) is 14.6. The van der Waals surface area contributed by atoms with Crippen molar-refractivity contribution in [3.05, 3.63) is 34.3 Å². The van der Waals surface area contributed by atoms with Gasteiger partial charge in [-0.2, -0.15) is 13.2 Å². The van der Waals surface area contributed by atoms with Gasteiger partial charge in [-0.05, 0) is 37.1 Å². The second-order valence-corrected chi connectivity index (χ2v) is 4.31. The number of halogens is 5. The molecule has 0 amide bonds. The quantitative estimate of drug-likeness (QED) is 0.815. The maximum Gasteiger partial charge on any atom is 0.416 e. The van der Waals surface area contributed by atoms with Gasteiger partial charge in [0.05, 0.1) is 5.56 Å². The summed E-state index contributed by atoms with van der Waals surface area (Å²) in [6.07, 6.45) is -2.69. The van der Waals surface area contributed by atoms with Crippen molar-refractivity contribution in [3.63, 3.8) is 0 Å². The highest BCUT2D eigenvalue weighted by Crippen LogP contribution is 2.38. The van der Waals surface area contributed by atoms with Gasteiger partial charge in [-0.1, -0.05) is 17.7 Å². The number of hydrogen-bond acceptors (Lipinski definition) is 1. The molecule has 1 aromatic rings. The molecular weight excluding hydrogens is 274 g/mol. The predicted molar refractivity (Wildman–Crippen MR) is 63.7 cm³/mol. The summed E-state index contributed by atoms with van der Waals surface area (Å²) in [5.41, 5.74) is -0.325. The molecule has 1 aromatic carbocycles. The van der Waals surface area contributed by atoms with E-state index >= 15 is 0 Å². The molecule has 0 saturated carbocycles. The predicted octanol–water partition coefficient (Wildman–Crippen LogP) is 4.21. The van der Waals surface area contributed by atoms with E-state index < -0.39 is 11.7 Å². The lowest BCUT2D eigenvalue weighted by Crippen LogP contribution is -2.18. The van der Waals surface area contributed by atoms with Gasteiger partial charge in [0.25, 0.3) is 0 Å². The van der Waals surface area contributed by atoms with Crippen LogP contribution >= 0.6 is 24.0 Å². The summed E-state index contributed by atoms with van der Waals surface area (Å²) in [7, 11) is 0. The van der Waals surface area contributed by atoms with E-state index in [0.717, 1.165) is 25.5 Å². The van der Waals surface area contributed by atoms with E-state index in [1.54, 1.807) is 0 Å². The van der Waals surface area contributed by atoms with Crippen molar-refractivity contribution in [3.8, 4) is 0 Å². The highest BCUT2D eigenvalue weighted by molar-refractivity contribution is 6.30. The first-order valence-corrected chi connectivity index (χ1v) is 5.46. The molecule has 1 N–H and O–H groups in total. The molecule has 0 aliphatic carbocycles. The minimum atomic E-state index is -4.34. The molecule has 0 unspecified atom stereocenters. The van der Waals surface area contributed by atoms with Crippen LogP contribution in [0.25, 0.3) is 0 Å². The SMILES string of the molecule is Cl.FC(F)(F)c1cc(Cl)ccc1[C@@H]1CCCN1. The Bertz CT molecular complexity index is 387. The molecule has 0 bridgehead atoms. The number of benzene rings is 1. The van der Waals surface area contributed by atoms with Crippen molar-refractivity contribution < 1.29 is 13.2 Å². The summed E-state index contributed by atoms with van der Waals surface area (Å²) in [6.45, 7) is 0.768. The highest BCUT2D eigenvalue weighted by atomic mass is 35.5. The molecule has 2 rings (SSSR count). The number of alkyl halides is 3. The van der Waals surface area contributed by atoms with Gasteiger partial charge >= 0.3 is 6.18 Å². The van der Waals surface area contributed by atoms with E-state index in [0.29, 0.717) is 5.56 Å². The third kappa shape index (κ3) is 3.27. The first-order chi connectivity index (χ1) is 7.48. The molecule has 96 valence electrons. The second-order valence-electron chi connectivity index (χ2n) is 3.88. The third-order valence-electron chi connectivity index (χ3n) is 2.76. The third-order valence-corrected chi connectivity index (χ3v) is 2.99. The van der Waals surface area contributed by atoms with Gasteiger partial charge in [0.1, 0.15) is 0 Å². The number of hydrogen-bond donors (Lipinski definition) is 1. The van der Waals surface area contributed by atoms with Crippen LogP contribution in [0.1, 0.15) is 30.0 Å². The Kier molecular flexibility index (Phi) is 4.69. The Morgan fingerprint density at radius 1 is 1.29 bits per heavy atom. The molecule has 1 saturated heterocycles. The zero-order valence-corrected chi connectivity index (χ0v) is 10.4.